The van der Waals surface area contributed by atoms with Gasteiger partial charge in [0.05, 0.1) is 11.8 Å². The van der Waals surface area contributed by atoms with Gasteiger partial charge >= 0.3 is 0 Å². The molecular formula is C11H15NO. The Hall–Kier alpha value is -0.760. The van der Waals surface area contributed by atoms with Crippen LogP contribution in [0.3, 0.4) is 0 Å². The Labute approximate surface area is 78.1 Å². The maximum absolute atomic E-state index is 6.32. The van der Waals surface area contributed by atoms with Crippen LogP contribution in [0.15, 0.2) is 16.7 Å². The fraction of sp³-hybridized carbons (Fsp3) is 0.636. The summed E-state index contributed by atoms with van der Waals surface area (Å²) < 4.78 is 5.50. The molecule has 2 heteroatoms. The average Bonchev–Trinajstić information content (AvgIpc) is 2.54. The highest BCUT2D eigenvalue weighted by atomic mass is 16.3. The van der Waals surface area contributed by atoms with Gasteiger partial charge in [0.25, 0.3) is 0 Å². The molecule has 2 unspecified atom stereocenters. The zero-order chi connectivity index (χ0) is 9.05. The standard InChI is InChI=1S/C11H15NO/c1-7-2-10(13-6-7)11(12)4-8-3-9(8)5-11/h2,6,8-9H,3-5,12H2,1H3. The van der Waals surface area contributed by atoms with Crippen LogP contribution in [-0.2, 0) is 5.54 Å². The van der Waals surface area contributed by atoms with E-state index >= 15 is 0 Å². The van der Waals surface area contributed by atoms with Gasteiger partial charge in [-0.15, -0.1) is 0 Å². The van der Waals surface area contributed by atoms with Crippen molar-refractivity contribution in [2.45, 2.75) is 31.7 Å². The molecule has 0 amide bonds. The minimum absolute atomic E-state index is 0.137. The first-order valence-electron chi connectivity index (χ1n) is 5.02. The average molecular weight is 177 g/mol. The van der Waals surface area contributed by atoms with Crippen LogP contribution in [0.1, 0.15) is 30.6 Å². The molecule has 0 bridgehead atoms. The van der Waals surface area contributed by atoms with Crippen molar-refractivity contribution >= 4 is 0 Å². The molecule has 0 aromatic carbocycles. The molecule has 0 radical (unpaired) electrons. The Morgan fingerprint density at radius 1 is 1.46 bits per heavy atom. The van der Waals surface area contributed by atoms with E-state index in [1.54, 1.807) is 6.26 Å². The molecule has 70 valence electrons. The molecular weight excluding hydrogens is 162 g/mol. The van der Waals surface area contributed by atoms with Gasteiger partial charge in [0.2, 0.25) is 0 Å². The lowest BCUT2D eigenvalue weighted by Crippen LogP contribution is -2.34. The molecule has 2 N–H and O–H groups in total. The van der Waals surface area contributed by atoms with Crippen molar-refractivity contribution in [1.82, 2.24) is 0 Å². The third-order valence-corrected chi connectivity index (χ3v) is 3.54. The molecule has 1 aromatic heterocycles. The fourth-order valence-electron chi connectivity index (χ4n) is 2.72. The smallest absolute Gasteiger partial charge is 0.123 e. The minimum Gasteiger partial charge on any atom is -0.467 e. The van der Waals surface area contributed by atoms with Crippen molar-refractivity contribution in [2.75, 3.05) is 0 Å². The highest BCUT2D eigenvalue weighted by Gasteiger charge is 2.53. The van der Waals surface area contributed by atoms with Crippen molar-refractivity contribution in [2.24, 2.45) is 17.6 Å². The van der Waals surface area contributed by atoms with E-state index in [1.165, 1.54) is 12.0 Å². The molecule has 2 nitrogen and oxygen atoms in total. The van der Waals surface area contributed by atoms with Crippen molar-refractivity contribution in [1.29, 1.82) is 0 Å². The predicted molar refractivity (Wildman–Crippen MR) is 50.1 cm³/mol. The van der Waals surface area contributed by atoms with Crippen LogP contribution < -0.4 is 5.73 Å². The summed E-state index contributed by atoms with van der Waals surface area (Å²) in [5.41, 5.74) is 7.36. The van der Waals surface area contributed by atoms with Crippen LogP contribution in [0.2, 0.25) is 0 Å². The third kappa shape index (κ3) is 1.05. The molecule has 2 fully saturated rings. The van der Waals surface area contributed by atoms with E-state index in [9.17, 15) is 0 Å². The Morgan fingerprint density at radius 2 is 2.15 bits per heavy atom. The van der Waals surface area contributed by atoms with Crippen molar-refractivity contribution in [3.8, 4) is 0 Å². The van der Waals surface area contributed by atoms with Gasteiger partial charge in [-0.05, 0) is 49.7 Å². The maximum atomic E-state index is 6.32. The van der Waals surface area contributed by atoms with E-state index in [0.717, 1.165) is 30.4 Å². The van der Waals surface area contributed by atoms with Gasteiger partial charge in [-0.1, -0.05) is 0 Å². The first-order chi connectivity index (χ1) is 6.17. The van der Waals surface area contributed by atoms with Crippen LogP contribution >= 0.6 is 0 Å². The maximum Gasteiger partial charge on any atom is 0.123 e. The van der Waals surface area contributed by atoms with Gasteiger partial charge in [0.15, 0.2) is 0 Å². The number of rotatable bonds is 1. The monoisotopic (exact) mass is 177 g/mol. The summed E-state index contributed by atoms with van der Waals surface area (Å²) in [7, 11) is 0. The SMILES string of the molecule is Cc1coc(C2(N)CC3CC3C2)c1. The van der Waals surface area contributed by atoms with Crippen molar-refractivity contribution < 1.29 is 4.42 Å². The second-order valence-electron chi connectivity index (χ2n) is 4.81. The topological polar surface area (TPSA) is 39.2 Å². The summed E-state index contributed by atoms with van der Waals surface area (Å²) in [6.07, 6.45) is 5.46. The van der Waals surface area contributed by atoms with Gasteiger partial charge in [0.1, 0.15) is 5.76 Å². The molecule has 1 aromatic rings. The first-order valence-corrected chi connectivity index (χ1v) is 5.02. The van der Waals surface area contributed by atoms with E-state index in [2.05, 4.69) is 6.07 Å². The van der Waals surface area contributed by atoms with E-state index in [4.69, 9.17) is 10.2 Å². The zero-order valence-electron chi connectivity index (χ0n) is 7.92. The number of furan rings is 1. The summed E-state index contributed by atoms with van der Waals surface area (Å²) in [6, 6.07) is 2.09. The largest absolute Gasteiger partial charge is 0.467 e. The number of nitrogens with two attached hydrogens (primary N) is 1. The normalized spacial score (nSPS) is 42.0. The minimum atomic E-state index is -0.137. The molecule has 3 rings (SSSR count). The van der Waals surface area contributed by atoms with Crippen LogP contribution in [-0.4, -0.2) is 0 Å². The van der Waals surface area contributed by atoms with Gasteiger partial charge in [-0.3, -0.25) is 0 Å². The van der Waals surface area contributed by atoms with Gasteiger partial charge in [0, 0.05) is 0 Å². The van der Waals surface area contributed by atoms with Crippen LogP contribution in [0.4, 0.5) is 0 Å². The van der Waals surface area contributed by atoms with E-state index in [1.807, 2.05) is 6.92 Å². The lowest BCUT2D eigenvalue weighted by molar-refractivity contribution is 0.323. The molecule has 13 heavy (non-hydrogen) atoms. The van der Waals surface area contributed by atoms with E-state index < -0.39 is 0 Å². The summed E-state index contributed by atoms with van der Waals surface area (Å²) in [5, 5.41) is 0. The summed E-state index contributed by atoms with van der Waals surface area (Å²) in [6.45, 7) is 2.05. The molecule has 0 saturated heterocycles. The Balaban J connectivity index is 1.91. The second-order valence-corrected chi connectivity index (χ2v) is 4.81. The molecule has 2 aliphatic rings. The molecule has 0 spiro atoms. The molecule has 1 heterocycles. The Morgan fingerprint density at radius 3 is 2.69 bits per heavy atom. The molecule has 2 saturated carbocycles. The highest BCUT2D eigenvalue weighted by Crippen LogP contribution is 2.58. The first kappa shape index (κ1) is 7.63. The van der Waals surface area contributed by atoms with Crippen LogP contribution in [0, 0.1) is 18.8 Å². The number of aryl methyl sites for hydroxylation is 1. The Kier molecular flexibility index (Phi) is 1.28. The predicted octanol–water partition coefficient (Wildman–Crippen LogP) is 2.17. The quantitative estimate of drug-likeness (QED) is 0.714. The van der Waals surface area contributed by atoms with Gasteiger partial charge in [-0.25, -0.2) is 0 Å². The van der Waals surface area contributed by atoms with Gasteiger partial charge < -0.3 is 10.2 Å². The summed E-state index contributed by atoms with van der Waals surface area (Å²) in [4.78, 5) is 0. The molecule has 0 aliphatic heterocycles. The van der Waals surface area contributed by atoms with Crippen LogP contribution in [0.5, 0.6) is 0 Å². The number of fused-ring (bicyclic) bond motifs is 1. The van der Waals surface area contributed by atoms with Crippen LogP contribution in [0.25, 0.3) is 0 Å². The molecule has 2 aliphatic carbocycles. The third-order valence-electron chi connectivity index (χ3n) is 3.54. The zero-order valence-corrected chi connectivity index (χ0v) is 7.92. The summed E-state index contributed by atoms with van der Waals surface area (Å²) >= 11 is 0. The van der Waals surface area contributed by atoms with Crippen molar-refractivity contribution in [3.05, 3.63) is 23.7 Å². The van der Waals surface area contributed by atoms with Gasteiger partial charge in [-0.2, -0.15) is 0 Å². The van der Waals surface area contributed by atoms with E-state index in [-0.39, 0.29) is 5.54 Å². The molecule has 2 atom stereocenters. The number of hydrogen-bond donors (Lipinski definition) is 1. The Bertz CT molecular complexity index is 332. The van der Waals surface area contributed by atoms with E-state index in [0.29, 0.717) is 0 Å². The number of hydrogen-bond acceptors (Lipinski definition) is 2. The lowest BCUT2D eigenvalue weighted by atomic mass is 9.91. The second kappa shape index (κ2) is 2.18. The fourth-order valence-corrected chi connectivity index (χ4v) is 2.72. The summed E-state index contributed by atoms with van der Waals surface area (Å²) in [5.74, 6) is 2.79. The lowest BCUT2D eigenvalue weighted by Gasteiger charge is -2.22. The van der Waals surface area contributed by atoms with Crippen molar-refractivity contribution in [3.63, 3.8) is 0 Å². The highest BCUT2D eigenvalue weighted by molar-refractivity contribution is 5.22.